The standard InChI is InChI=1S/C11H15BrN2O2/c1-11(2,7-15)14(3)10(16)8-5-4-6-9(12)13-8/h4-6,15H,7H2,1-3H3. The number of carbonyl (C=O) groups is 1. The smallest absolute Gasteiger partial charge is 0.272 e. The Bertz CT molecular complexity index is 393. The molecule has 0 aromatic carbocycles. The molecule has 0 fully saturated rings. The van der Waals surface area contributed by atoms with Crippen molar-refractivity contribution in [1.82, 2.24) is 9.88 Å². The number of pyridine rings is 1. The molecule has 88 valence electrons. The maximum atomic E-state index is 12.0. The van der Waals surface area contributed by atoms with Crippen molar-refractivity contribution in [3.05, 3.63) is 28.5 Å². The quantitative estimate of drug-likeness (QED) is 0.861. The van der Waals surface area contributed by atoms with Crippen molar-refractivity contribution in [2.45, 2.75) is 19.4 Å². The minimum absolute atomic E-state index is 0.0940. The van der Waals surface area contributed by atoms with Crippen molar-refractivity contribution in [1.29, 1.82) is 0 Å². The van der Waals surface area contributed by atoms with Crippen molar-refractivity contribution < 1.29 is 9.90 Å². The van der Waals surface area contributed by atoms with E-state index in [1.54, 1.807) is 39.1 Å². The Morgan fingerprint density at radius 1 is 1.56 bits per heavy atom. The number of hydrogen-bond donors (Lipinski definition) is 1. The van der Waals surface area contributed by atoms with Crippen LogP contribution in [0, 0.1) is 0 Å². The van der Waals surface area contributed by atoms with Crippen LogP contribution in [0.5, 0.6) is 0 Å². The maximum Gasteiger partial charge on any atom is 0.272 e. The van der Waals surface area contributed by atoms with Crippen molar-refractivity contribution >= 4 is 21.8 Å². The molecule has 16 heavy (non-hydrogen) atoms. The summed E-state index contributed by atoms with van der Waals surface area (Å²) in [6, 6.07) is 5.16. The van der Waals surface area contributed by atoms with Crippen LogP contribution in [-0.4, -0.2) is 40.1 Å². The Morgan fingerprint density at radius 2 is 2.19 bits per heavy atom. The van der Waals surface area contributed by atoms with Gasteiger partial charge in [-0.15, -0.1) is 0 Å². The Morgan fingerprint density at radius 3 is 2.69 bits per heavy atom. The van der Waals surface area contributed by atoms with E-state index in [1.165, 1.54) is 4.90 Å². The van der Waals surface area contributed by atoms with Crippen molar-refractivity contribution in [3.63, 3.8) is 0 Å². The first-order valence-electron chi connectivity index (χ1n) is 4.90. The number of aliphatic hydroxyl groups is 1. The van der Waals surface area contributed by atoms with Gasteiger partial charge in [-0.1, -0.05) is 6.07 Å². The minimum Gasteiger partial charge on any atom is -0.394 e. The summed E-state index contributed by atoms with van der Waals surface area (Å²) < 4.78 is 0.619. The highest BCUT2D eigenvalue weighted by Gasteiger charge is 2.28. The molecular weight excluding hydrogens is 272 g/mol. The zero-order valence-electron chi connectivity index (χ0n) is 9.57. The molecule has 0 unspecified atom stereocenters. The second-order valence-corrected chi connectivity index (χ2v) is 4.99. The Labute approximate surface area is 103 Å². The third-order valence-electron chi connectivity index (χ3n) is 2.53. The lowest BCUT2D eigenvalue weighted by Crippen LogP contribution is -2.47. The summed E-state index contributed by atoms with van der Waals surface area (Å²) in [6.45, 7) is 3.50. The van der Waals surface area contributed by atoms with Gasteiger partial charge in [-0.25, -0.2) is 4.98 Å². The highest BCUT2D eigenvalue weighted by molar-refractivity contribution is 9.10. The molecule has 0 atom stereocenters. The van der Waals surface area contributed by atoms with Gasteiger partial charge in [-0.2, -0.15) is 0 Å². The van der Waals surface area contributed by atoms with Crippen LogP contribution in [0.3, 0.4) is 0 Å². The van der Waals surface area contributed by atoms with Crippen LogP contribution in [0.15, 0.2) is 22.8 Å². The average molecular weight is 287 g/mol. The highest BCUT2D eigenvalue weighted by atomic mass is 79.9. The molecule has 1 amide bonds. The first-order chi connectivity index (χ1) is 7.38. The van der Waals surface area contributed by atoms with Gasteiger partial charge in [0.15, 0.2) is 0 Å². The Kier molecular flexibility index (Phi) is 4.04. The zero-order valence-corrected chi connectivity index (χ0v) is 11.2. The fourth-order valence-electron chi connectivity index (χ4n) is 1.08. The normalized spacial score (nSPS) is 11.3. The highest BCUT2D eigenvalue weighted by Crippen LogP contribution is 2.15. The molecule has 0 saturated heterocycles. The summed E-state index contributed by atoms with van der Waals surface area (Å²) in [5.74, 6) is -0.208. The number of halogens is 1. The van der Waals surface area contributed by atoms with Crippen molar-refractivity contribution in [2.75, 3.05) is 13.7 Å². The molecule has 0 bridgehead atoms. The van der Waals surface area contributed by atoms with Crippen LogP contribution >= 0.6 is 15.9 Å². The average Bonchev–Trinajstić information content (AvgIpc) is 2.27. The largest absolute Gasteiger partial charge is 0.394 e. The lowest BCUT2D eigenvalue weighted by atomic mass is 10.0. The summed E-state index contributed by atoms with van der Waals surface area (Å²) in [4.78, 5) is 17.6. The van der Waals surface area contributed by atoms with Gasteiger partial charge in [0.05, 0.1) is 12.1 Å². The lowest BCUT2D eigenvalue weighted by molar-refractivity contribution is 0.0467. The minimum atomic E-state index is -0.596. The lowest BCUT2D eigenvalue weighted by Gasteiger charge is -2.33. The molecule has 0 saturated carbocycles. The van der Waals surface area contributed by atoms with Crippen LogP contribution in [0.25, 0.3) is 0 Å². The van der Waals surface area contributed by atoms with E-state index in [-0.39, 0.29) is 12.5 Å². The molecule has 0 radical (unpaired) electrons. The van der Waals surface area contributed by atoms with E-state index >= 15 is 0 Å². The fraction of sp³-hybridized carbons (Fsp3) is 0.455. The summed E-state index contributed by atoms with van der Waals surface area (Å²) in [5.41, 5.74) is -0.237. The Balaban J connectivity index is 2.95. The first-order valence-corrected chi connectivity index (χ1v) is 5.69. The zero-order chi connectivity index (χ0) is 12.3. The van der Waals surface area contributed by atoms with Gasteiger partial charge in [0.1, 0.15) is 10.3 Å². The molecule has 1 aromatic heterocycles. The third kappa shape index (κ3) is 2.80. The number of carbonyl (C=O) groups excluding carboxylic acids is 1. The molecule has 1 N–H and O–H groups in total. The van der Waals surface area contributed by atoms with Crippen LogP contribution in [0.4, 0.5) is 0 Å². The predicted octanol–water partition coefficient (Wildman–Crippen LogP) is 1.69. The molecule has 1 rings (SSSR count). The molecule has 1 aromatic rings. The van der Waals surface area contributed by atoms with E-state index in [9.17, 15) is 9.90 Å². The van der Waals surface area contributed by atoms with Gasteiger partial charge in [0, 0.05) is 7.05 Å². The second-order valence-electron chi connectivity index (χ2n) is 4.18. The molecule has 1 heterocycles. The van der Waals surface area contributed by atoms with Gasteiger partial charge < -0.3 is 10.0 Å². The predicted molar refractivity (Wildman–Crippen MR) is 65.2 cm³/mol. The number of nitrogens with zero attached hydrogens (tertiary/aromatic N) is 2. The second kappa shape index (κ2) is 4.93. The summed E-state index contributed by atoms with van der Waals surface area (Å²) >= 11 is 3.22. The van der Waals surface area contributed by atoms with E-state index in [4.69, 9.17) is 0 Å². The SMILES string of the molecule is CN(C(=O)c1cccc(Br)n1)C(C)(C)CO. The number of aromatic nitrogens is 1. The molecular formula is C11H15BrN2O2. The van der Waals surface area contributed by atoms with Gasteiger partial charge in [-0.05, 0) is 41.9 Å². The maximum absolute atomic E-state index is 12.0. The van der Waals surface area contributed by atoms with Crippen LogP contribution in [-0.2, 0) is 0 Å². The first kappa shape index (κ1) is 13.1. The molecule has 5 heteroatoms. The van der Waals surface area contributed by atoms with Crippen molar-refractivity contribution in [3.8, 4) is 0 Å². The molecule has 4 nitrogen and oxygen atoms in total. The van der Waals surface area contributed by atoms with Crippen LogP contribution in [0.2, 0.25) is 0 Å². The van der Waals surface area contributed by atoms with Crippen LogP contribution < -0.4 is 0 Å². The molecule has 0 aliphatic carbocycles. The van der Waals surface area contributed by atoms with Gasteiger partial charge in [-0.3, -0.25) is 4.79 Å². The van der Waals surface area contributed by atoms with E-state index in [0.29, 0.717) is 10.3 Å². The van der Waals surface area contributed by atoms with E-state index in [1.807, 2.05) is 0 Å². The number of likely N-dealkylation sites (N-methyl/N-ethyl adjacent to an activating group) is 1. The third-order valence-corrected chi connectivity index (χ3v) is 2.98. The van der Waals surface area contributed by atoms with E-state index in [0.717, 1.165) is 0 Å². The van der Waals surface area contributed by atoms with Gasteiger partial charge >= 0.3 is 0 Å². The number of aliphatic hydroxyl groups excluding tert-OH is 1. The van der Waals surface area contributed by atoms with E-state index < -0.39 is 5.54 Å². The Hall–Kier alpha value is -0.940. The van der Waals surface area contributed by atoms with Gasteiger partial charge in [0.2, 0.25) is 0 Å². The number of hydrogen-bond acceptors (Lipinski definition) is 3. The number of amides is 1. The fourth-order valence-corrected chi connectivity index (χ4v) is 1.42. The van der Waals surface area contributed by atoms with Crippen LogP contribution in [0.1, 0.15) is 24.3 Å². The number of rotatable bonds is 3. The van der Waals surface area contributed by atoms with E-state index in [2.05, 4.69) is 20.9 Å². The topological polar surface area (TPSA) is 53.4 Å². The van der Waals surface area contributed by atoms with Crippen molar-refractivity contribution in [2.24, 2.45) is 0 Å². The summed E-state index contributed by atoms with van der Waals surface area (Å²) in [6.07, 6.45) is 0. The molecule has 0 aliphatic heterocycles. The summed E-state index contributed by atoms with van der Waals surface area (Å²) in [7, 11) is 1.65. The summed E-state index contributed by atoms with van der Waals surface area (Å²) in [5, 5.41) is 9.19. The monoisotopic (exact) mass is 286 g/mol. The van der Waals surface area contributed by atoms with Gasteiger partial charge in [0.25, 0.3) is 5.91 Å². The molecule has 0 aliphatic rings. The molecule has 0 spiro atoms.